The fourth-order valence-electron chi connectivity index (χ4n) is 2.71. The van der Waals surface area contributed by atoms with E-state index >= 15 is 0 Å². The molecular formula is C13H21N3O4. The van der Waals surface area contributed by atoms with E-state index in [4.69, 9.17) is 5.11 Å². The van der Waals surface area contributed by atoms with Gasteiger partial charge in [0.15, 0.2) is 0 Å². The molecule has 0 spiro atoms. The maximum atomic E-state index is 12.0. The van der Waals surface area contributed by atoms with Gasteiger partial charge in [-0.2, -0.15) is 0 Å². The molecule has 2 amide bonds. The van der Waals surface area contributed by atoms with E-state index in [1.807, 2.05) is 0 Å². The first kappa shape index (κ1) is 14.8. The van der Waals surface area contributed by atoms with Gasteiger partial charge in [0.25, 0.3) is 0 Å². The van der Waals surface area contributed by atoms with Gasteiger partial charge in [0.1, 0.15) is 0 Å². The van der Waals surface area contributed by atoms with Crippen molar-refractivity contribution in [1.29, 1.82) is 0 Å². The van der Waals surface area contributed by atoms with Gasteiger partial charge >= 0.3 is 5.97 Å². The van der Waals surface area contributed by atoms with Gasteiger partial charge in [-0.1, -0.05) is 0 Å². The van der Waals surface area contributed by atoms with Crippen LogP contribution >= 0.6 is 0 Å². The molecule has 1 atom stereocenters. The van der Waals surface area contributed by atoms with Crippen LogP contribution in [0.1, 0.15) is 19.3 Å². The number of carbonyl (C=O) groups excluding carboxylic acids is 2. The van der Waals surface area contributed by atoms with Crippen molar-refractivity contribution in [3.8, 4) is 0 Å². The first-order valence-corrected chi connectivity index (χ1v) is 6.98. The van der Waals surface area contributed by atoms with Crippen LogP contribution in [0.2, 0.25) is 0 Å². The van der Waals surface area contributed by atoms with Gasteiger partial charge in [-0.25, -0.2) is 0 Å². The van der Waals surface area contributed by atoms with Crippen molar-refractivity contribution in [2.24, 2.45) is 5.92 Å². The summed E-state index contributed by atoms with van der Waals surface area (Å²) in [4.78, 5) is 37.9. The molecule has 0 aromatic carbocycles. The lowest BCUT2D eigenvalue weighted by Gasteiger charge is -2.30. The Bertz CT molecular complexity index is 404. The molecule has 0 aliphatic carbocycles. The Labute approximate surface area is 117 Å². The minimum atomic E-state index is -0.783. The van der Waals surface area contributed by atoms with Crippen molar-refractivity contribution in [2.75, 3.05) is 33.2 Å². The van der Waals surface area contributed by atoms with Crippen molar-refractivity contribution < 1.29 is 19.5 Å². The number of nitrogens with one attached hydrogen (secondary N) is 1. The van der Waals surface area contributed by atoms with Gasteiger partial charge in [-0.3, -0.25) is 19.7 Å². The second kappa shape index (κ2) is 6.21. The molecule has 2 aliphatic rings. The Morgan fingerprint density at radius 2 is 1.90 bits per heavy atom. The first-order valence-electron chi connectivity index (χ1n) is 6.98. The maximum absolute atomic E-state index is 12.0. The summed E-state index contributed by atoms with van der Waals surface area (Å²) in [5.74, 6) is -1.15. The molecule has 20 heavy (non-hydrogen) atoms. The number of rotatable bonds is 4. The molecule has 2 rings (SSSR count). The molecule has 0 radical (unpaired) electrons. The highest BCUT2D eigenvalue weighted by Crippen LogP contribution is 2.17. The van der Waals surface area contributed by atoms with Gasteiger partial charge < -0.3 is 14.9 Å². The lowest BCUT2D eigenvalue weighted by molar-refractivity contribution is -0.145. The van der Waals surface area contributed by atoms with Crippen LogP contribution in [-0.4, -0.2) is 72.0 Å². The van der Waals surface area contributed by atoms with Crippen LogP contribution < -0.4 is 5.32 Å². The molecule has 0 aromatic heterocycles. The average Bonchev–Trinajstić information content (AvgIpc) is 2.76. The normalized spacial score (nSPS) is 24.2. The van der Waals surface area contributed by atoms with Crippen molar-refractivity contribution >= 4 is 17.8 Å². The quantitative estimate of drug-likeness (QED) is 0.700. The minimum absolute atomic E-state index is 0.0300. The van der Waals surface area contributed by atoms with Gasteiger partial charge in [-0.15, -0.1) is 0 Å². The second-order valence-corrected chi connectivity index (χ2v) is 5.48. The van der Waals surface area contributed by atoms with E-state index in [1.54, 1.807) is 16.8 Å². The van der Waals surface area contributed by atoms with E-state index in [1.165, 1.54) is 0 Å². The minimum Gasteiger partial charge on any atom is -0.481 e. The van der Waals surface area contributed by atoms with Crippen molar-refractivity contribution in [3.63, 3.8) is 0 Å². The largest absolute Gasteiger partial charge is 0.481 e. The Balaban J connectivity index is 1.73. The summed E-state index contributed by atoms with van der Waals surface area (Å²) in [6, 6.07) is -0.263. The number of likely N-dealkylation sites (tertiary alicyclic amines) is 2. The number of nitrogens with zero attached hydrogens (tertiary/aromatic N) is 2. The zero-order valence-electron chi connectivity index (χ0n) is 11.7. The fourth-order valence-corrected chi connectivity index (χ4v) is 2.71. The van der Waals surface area contributed by atoms with Crippen molar-refractivity contribution in [3.05, 3.63) is 0 Å². The van der Waals surface area contributed by atoms with Crippen LogP contribution in [0, 0.1) is 5.92 Å². The highest BCUT2D eigenvalue weighted by Gasteiger charge is 2.30. The van der Waals surface area contributed by atoms with Gasteiger partial charge in [0, 0.05) is 26.7 Å². The number of amides is 2. The zero-order chi connectivity index (χ0) is 14.7. The number of carboxylic acids is 1. The Morgan fingerprint density at radius 1 is 1.25 bits per heavy atom. The molecule has 2 N–H and O–H groups in total. The molecular weight excluding hydrogens is 262 g/mol. The number of piperidine rings is 1. The summed E-state index contributed by atoms with van der Waals surface area (Å²) < 4.78 is 0. The molecule has 0 saturated carbocycles. The first-order chi connectivity index (χ1) is 9.49. The van der Waals surface area contributed by atoms with E-state index in [-0.39, 0.29) is 30.3 Å². The molecule has 2 heterocycles. The molecule has 2 aliphatic heterocycles. The average molecular weight is 283 g/mol. The molecule has 7 heteroatoms. The van der Waals surface area contributed by atoms with Crippen molar-refractivity contribution in [2.45, 2.75) is 25.3 Å². The van der Waals surface area contributed by atoms with Crippen LogP contribution in [0.25, 0.3) is 0 Å². The number of aliphatic carboxylic acids is 1. The lowest BCUT2D eigenvalue weighted by Crippen LogP contribution is -2.47. The summed E-state index contributed by atoms with van der Waals surface area (Å²) >= 11 is 0. The van der Waals surface area contributed by atoms with Crippen LogP contribution in [0.15, 0.2) is 0 Å². The number of carbonyl (C=O) groups is 3. The summed E-state index contributed by atoms with van der Waals surface area (Å²) in [5, 5.41) is 11.9. The topological polar surface area (TPSA) is 90.0 Å². The summed E-state index contributed by atoms with van der Waals surface area (Å²) in [6.45, 7) is 1.82. The third kappa shape index (κ3) is 3.27. The Hall–Kier alpha value is -1.63. The van der Waals surface area contributed by atoms with Crippen LogP contribution in [0.4, 0.5) is 0 Å². The van der Waals surface area contributed by atoms with Crippen LogP contribution in [0.5, 0.6) is 0 Å². The van der Waals surface area contributed by atoms with E-state index < -0.39 is 5.97 Å². The third-order valence-corrected chi connectivity index (χ3v) is 4.12. The highest BCUT2D eigenvalue weighted by atomic mass is 16.4. The van der Waals surface area contributed by atoms with Crippen LogP contribution in [0.3, 0.4) is 0 Å². The number of hydrogen-bond acceptors (Lipinski definition) is 4. The summed E-state index contributed by atoms with van der Waals surface area (Å²) in [5.41, 5.74) is 0. The van der Waals surface area contributed by atoms with E-state index in [9.17, 15) is 14.4 Å². The summed E-state index contributed by atoms with van der Waals surface area (Å²) in [7, 11) is 1.75. The SMILES string of the molecule is CN1CCC(NCC(=O)N2CCC(C(=O)O)CC2)C1=O. The molecule has 7 nitrogen and oxygen atoms in total. The molecule has 112 valence electrons. The van der Waals surface area contributed by atoms with E-state index in [0.717, 1.165) is 6.42 Å². The third-order valence-electron chi connectivity index (χ3n) is 4.12. The predicted octanol–water partition coefficient (Wildman–Crippen LogP) is -0.870. The van der Waals surface area contributed by atoms with Crippen LogP contribution in [-0.2, 0) is 14.4 Å². The number of likely N-dealkylation sites (N-methyl/N-ethyl adjacent to an activating group) is 1. The number of carboxylic acid groups (broad SMARTS) is 1. The van der Waals surface area contributed by atoms with Gasteiger partial charge in [-0.05, 0) is 19.3 Å². The van der Waals surface area contributed by atoms with Gasteiger partial charge in [0.2, 0.25) is 11.8 Å². The molecule has 2 saturated heterocycles. The fraction of sp³-hybridized carbons (Fsp3) is 0.769. The molecule has 1 unspecified atom stereocenters. The second-order valence-electron chi connectivity index (χ2n) is 5.48. The number of hydrogen-bond donors (Lipinski definition) is 2. The Kier molecular flexibility index (Phi) is 4.59. The standard InChI is InChI=1S/C13H21N3O4/c1-15-5-4-10(12(15)18)14-8-11(17)16-6-2-9(3-7-16)13(19)20/h9-10,14H,2-8H2,1H3,(H,19,20). The maximum Gasteiger partial charge on any atom is 0.306 e. The predicted molar refractivity (Wildman–Crippen MR) is 71.0 cm³/mol. The highest BCUT2D eigenvalue weighted by molar-refractivity contribution is 5.85. The van der Waals surface area contributed by atoms with Gasteiger partial charge in [0.05, 0.1) is 18.5 Å². The lowest BCUT2D eigenvalue weighted by atomic mass is 9.97. The monoisotopic (exact) mass is 283 g/mol. The van der Waals surface area contributed by atoms with E-state index in [0.29, 0.717) is 32.5 Å². The Morgan fingerprint density at radius 3 is 2.40 bits per heavy atom. The van der Waals surface area contributed by atoms with E-state index in [2.05, 4.69) is 5.32 Å². The summed E-state index contributed by atoms with van der Waals surface area (Å²) in [6.07, 6.45) is 1.74. The smallest absolute Gasteiger partial charge is 0.306 e. The molecule has 2 fully saturated rings. The molecule has 0 aromatic rings. The van der Waals surface area contributed by atoms with Crippen molar-refractivity contribution in [1.82, 2.24) is 15.1 Å². The zero-order valence-corrected chi connectivity index (χ0v) is 11.7. The molecule has 0 bridgehead atoms.